The molecule has 4 fully saturated rings. The molecule has 12 nitrogen and oxygen atoms in total. The van der Waals surface area contributed by atoms with Gasteiger partial charge in [-0.2, -0.15) is 20.5 Å². The third kappa shape index (κ3) is 9.19. The van der Waals surface area contributed by atoms with Crippen molar-refractivity contribution in [2.24, 2.45) is 0 Å². The summed E-state index contributed by atoms with van der Waals surface area (Å²) in [5.41, 5.74) is 0.825. The summed E-state index contributed by atoms with van der Waals surface area (Å²) >= 11 is 0. The van der Waals surface area contributed by atoms with E-state index in [4.69, 9.17) is 24.7 Å². The number of carbonyl (C=O) groups is 1. The number of benzene rings is 2. The van der Waals surface area contributed by atoms with Crippen LogP contribution in [0.5, 0.6) is 11.8 Å². The number of rotatable bonds is 8. The first-order chi connectivity index (χ1) is 27.5. The number of halogens is 2. The van der Waals surface area contributed by atoms with Crippen molar-refractivity contribution >= 4 is 17.7 Å². The monoisotopic (exact) mass is 776 g/mol. The Morgan fingerprint density at radius 1 is 0.754 bits per heavy atom. The van der Waals surface area contributed by atoms with Crippen LogP contribution in [0, 0.1) is 34.3 Å². The highest BCUT2D eigenvalue weighted by Gasteiger charge is 2.46. The molecule has 4 atom stereocenters. The van der Waals surface area contributed by atoms with E-state index in [9.17, 15) is 13.6 Å². The van der Waals surface area contributed by atoms with Crippen LogP contribution in [0.25, 0.3) is 0 Å². The quantitative estimate of drug-likeness (QED) is 0.201. The summed E-state index contributed by atoms with van der Waals surface area (Å²) in [7, 11) is 0. The highest BCUT2D eigenvalue weighted by atomic mass is 19.1. The Labute approximate surface area is 331 Å². The molecule has 2 aromatic heterocycles. The van der Waals surface area contributed by atoms with Crippen LogP contribution in [0.3, 0.4) is 0 Å². The standard InChI is InChI=1S/C24H27FN4O3.C19H19FN4O/c1-24(2,3)32-23(30)29-12-11-28(19-9-10-20(19)29)21-5-4-6-22(27-21)31-15-17-8-7-16(14-26)13-18(17)25;20-15-10-13(11-21)4-5-14(15)12-25-19-3-1-2-18(23-19)24-9-8-22-16-6-7-17(16)24/h4-8,13,19-20H,9-12,15H2,1-3H3;1-5,10,16-17,22H,6-9,12H2/t19-,20+;16-,17+/m00/s1. The predicted octanol–water partition coefficient (Wildman–Crippen LogP) is 6.87. The van der Waals surface area contributed by atoms with Crippen molar-refractivity contribution in [2.45, 2.75) is 89.4 Å². The Morgan fingerprint density at radius 2 is 1.30 bits per heavy atom. The van der Waals surface area contributed by atoms with Crippen LogP contribution in [-0.4, -0.2) is 76.9 Å². The van der Waals surface area contributed by atoms with E-state index in [1.165, 1.54) is 25.0 Å². The Morgan fingerprint density at radius 3 is 1.77 bits per heavy atom. The first-order valence-electron chi connectivity index (χ1n) is 19.3. The molecule has 1 N–H and O–H groups in total. The van der Waals surface area contributed by atoms with Crippen LogP contribution in [0.2, 0.25) is 0 Å². The number of hydrogen-bond acceptors (Lipinski definition) is 11. The molecule has 57 heavy (non-hydrogen) atoms. The maximum absolute atomic E-state index is 14.1. The fourth-order valence-corrected chi connectivity index (χ4v) is 7.54. The smallest absolute Gasteiger partial charge is 0.410 e. The average molecular weight is 777 g/mol. The number of pyridine rings is 2. The first-order valence-corrected chi connectivity index (χ1v) is 19.3. The molecule has 14 heteroatoms. The third-order valence-corrected chi connectivity index (χ3v) is 10.7. The van der Waals surface area contributed by atoms with E-state index in [1.807, 2.05) is 62.1 Å². The molecule has 0 spiro atoms. The number of aromatic nitrogens is 2. The summed E-state index contributed by atoms with van der Waals surface area (Å²) in [5, 5.41) is 21.2. The molecule has 0 bridgehead atoms. The van der Waals surface area contributed by atoms with E-state index in [0.717, 1.165) is 37.6 Å². The van der Waals surface area contributed by atoms with Gasteiger partial charge in [0.15, 0.2) is 0 Å². The summed E-state index contributed by atoms with van der Waals surface area (Å²) in [6.07, 6.45) is 4.05. The van der Waals surface area contributed by atoms with Gasteiger partial charge in [0.2, 0.25) is 11.8 Å². The van der Waals surface area contributed by atoms with E-state index in [0.29, 0.717) is 53.6 Å². The molecule has 0 unspecified atom stereocenters. The number of ether oxygens (including phenoxy) is 3. The summed E-state index contributed by atoms with van der Waals surface area (Å²) in [4.78, 5) is 28.2. The normalized spacial score (nSPS) is 20.9. The molecule has 0 radical (unpaired) electrons. The lowest BCUT2D eigenvalue weighted by molar-refractivity contribution is -0.00459. The van der Waals surface area contributed by atoms with Crippen molar-refractivity contribution < 1.29 is 27.8 Å². The van der Waals surface area contributed by atoms with Crippen LogP contribution in [0.4, 0.5) is 25.2 Å². The second-order valence-electron chi connectivity index (χ2n) is 15.6. The summed E-state index contributed by atoms with van der Waals surface area (Å²) in [5.74, 6) is 1.66. The number of carbonyl (C=O) groups excluding carboxylic acids is 1. The topological polar surface area (TPSA) is 140 Å². The van der Waals surface area contributed by atoms with Crippen LogP contribution in [0.15, 0.2) is 72.8 Å². The highest BCUT2D eigenvalue weighted by Crippen LogP contribution is 2.37. The SMILES string of the molecule is CC(C)(C)OC(=O)N1CCN(c2cccc(OCc3ccc(C#N)cc3F)n2)[C@H]2CC[C@H]21.N#Cc1ccc(COc2cccc(N3CCN[C@H]4CC[C@H]43)n2)c(F)c1. The average Bonchev–Trinajstić information content (AvgIpc) is 3.17. The number of amides is 1. The van der Waals surface area contributed by atoms with Crippen molar-refractivity contribution in [1.29, 1.82) is 10.5 Å². The number of anilines is 2. The van der Waals surface area contributed by atoms with Crippen molar-refractivity contribution in [1.82, 2.24) is 20.2 Å². The first kappa shape index (κ1) is 39.3. The van der Waals surface area contributed by atoms with Crippen molar-refractivity contribution in [3.8, 4) is 23.9 Å². The maximum Gasteiger partial charge on any atom is 0.410 e. The van der Waals surface area contributed by atoms with Gasteiger partial charge in [-0.3, -0.25) is 0 Å². The van der Waals surface area contributed by atoms with Gasteiger partial charge in [0.05, 0.1) is 35.3 Å². The van der Waals surface area contributed by atoms with Gasteiger partial charge in [0, 0.05) is 61.5 Å². The van der Waals surface area contributed by atoms with Gasteiger partial charge in [0.25, 0.3) is 0 Å². The molecule has 4 aromatic rings. The molecule has 8 rings (SSSR count). The van der Waals surface area contributed by atoms with Crippen molar-refractivity contribution in [3.63, 3.8) is 0 Å². The van der Waals surface area contributed by atoms with E-state index >= 15 is 0 Å². The van der Waals surface area contributed by atoms with Crippen LogP contribution in [0.1, 0.15) is 68.7 Å². The number of fused-ring (bicyclic) bond motifs is 2. The fraction of sp³-hybridized carbons (Fsp3) is 0.419. The highest BCUT2D eigenvalue weighted by molar-refractivity contribution is 5.70. The molecular weight excluding hydrogens is 731 g/mol. The van der Waals surface area contributed by atoms with Gasteiger partial charge >= 0.3 is 6.09 Å². The third-order valence-electron chi connectivity index (χ3n) is 10.7. The minimum Gasteiger partial charge on any atom is -0.473 e. The number of hydrogen-bond donors (Lipinski definition) is 1. The largest absolute Gasteiger partial charge is 0.473 e. The Kier molecular flexibility index (Phi) is 11.7. The second kappa shape index (κ2) is 17.0. The predicted molar refractivity (Wildman–Crippen MR) is 209 cm³/mol. The summed E-state index contributed by atoms with van der Waals surface area (Å²) < 4.78 is 45.0. The van der Waals surface area contributed by atoms with Gasteiger partial charge in [-0.1, -0.05) is 24.3 Å². The van der Waals surface area contributed by atoms with Gasteiger partial charge in [-0.15, -0.1) is 0 Å². The van der Waals surface area contributed by atoms with Crippen LogP contribution >= 0.6 is 0 Å². The summed E-state index contributed by atoms with van der Waals surface area (Å²) in [6.45, 7) is 8.84. The lowest BCUT2D eigenvalue weighted by Gasteiger charge is -2.53. The van der Waals surface area contributed by atoms with E-state index in [-0.39, 0.29) is 37.0 Å². The zero-order valence-electron chi connectivity index (χ0n) is 32.3. The Bertz CT molecular complexity index is 2170. The molecule has 2 aliphatic heterocycles. The zero-order valence-corrected chi connectivity index (χ0v) is 32.3. The van der Waals surface area contributed by atoms with E-state index in [1.54, 1.807) is 36.4 Å². The van der Waals surface area contributed by atoms with Crippen LogP contribution in [-0.2, 0) is 18.0 Å². The van der Waals surface area contributed by atoms with Crippen molar-refractivity contribution in [3.05, 3.63) is 107 Å². The summed E-state index contributed by atoms with van der Waals surface area (Å²) in [6, 6.07) is 25.1. The van der Waals surface area contributed by atoms with Gasteiger partial charge < -0.3 is 34.2 Å². The molecule has 2 aromatic carbocycles. The number of nitrogens with one attached hydrogen (secondary N) is 1. The number of piperazine rings is 2. The minimum absolute atomic E-state index is 0.0203. The van der Waals surface area contributed by atoms with E-state index < -0.39 is 17.2 Å². The van der Waals surface area contributed by atoms with Gasteiger partial charge in [-0.05, 0) is 82.9 Å². The molecule has 1 amide bonds. The molecule has 2 aliphatic carbocycles. The number of nitriles is 2. The van der Waals surface area contributed by atoms with Crippen molar-refractivity contribution in [2.75, 3.05) is 36.0 Å². The second-order valence-corrected chi connectivity index (χ2v) is 15.6. The van der Waals surface area contributed by atoms with Gasteiger partial charge in [0.1, 0.15) is 42.1 Å². The Balaban J connectivity index is 0.000000179. The molecule has 2 saturated heterocycles. The van der Waals surface area contributed by atoms with E-state index in [2.05, 4.69) is 25.1 Å². The zero-order chi connectivity index (χ0) is 40.1. The maximum atomic E-state index is 14.1. The molecule has 296 valence electrons. The number of nitrogens with zero attached hydrogens (tertiary/aromatic N) is 7. The molecular formula is C43H46F2N8O4. The lowest BCUT2D eigenvalue weighted by atomic mass is 9.82. The lowest BCUT2D eigenvalue weighted by Crippen LogP contribution is -2.66. The fourth-order valence-electron chi connectivity index (χ4n) is 7.54. The minimum atomic E-state index is -0.519. The van der Waals surface area contributed by atoms with Crippen LogP contribution < -0.4 is 24.6 Å². The molecule has 4 aliphatic rings. The molecule has 2 saturated carbocycles. The Hall–Kier alpha value is -5.99. The molecule has 4 heterocycles. The van der Waals surface area contributed by atoms with Gasteiger partial charge in [-0.25, -0.2) is 13.6 Å².